The highest BCUT2D eigenvalue weighted by atomic mass is 16.5. The molecule has 168 valence electrons. The highest BCUT2D eigenvalue weighted by Gasteiger charge is 2.24. The fourth-order valence-electron chi connectivity index (χ4n) is 3.66. The van der Waals surface area contributed by atoms with Gasteiger partial charge in [0, 0.05) is 12.6 Å². The summed E-state index contributed by atoms with van der Waals surface area (Å²) in [6.45, 7) is -0.287. The van der Waals surface area contributed by atoms with E-state index in [1.165, 1.54) is 7.11 Å². The smallest absolute Gasteiger partial charge is 0.255 e. The summed E-state index contributed by atoms with van der Waals surface area (Å²) in [6.07, 6.45) is 0. The van der Waals surface area contributed by atoms with E-state index in [2.05, 4.69) is 5.32 Å². The fourth-order valence-corrected chi connectivity index (χ4v) is 3.66. The molecule has 0 fully saturated rings. The minimum Gasteiger partial charge on any atom is -0.493 e. The Morgan fingerprint density at radius 2 is 1.76 bits per heavy atom. The molecule has 0 saturated heterocycles. The second-order valence-corrected chi connectivity index (χ2v) is 7.46. The summed E-state index contributed by atoms with van der Waals surface area (Å²) in [6, 6.07) is 21.7. The number of nitrogens with one attached hydrogen (secondary N) is 1. The molecule has 1 atom stereocenters. The number of aryl methyl sites for hydroxylation is 1. The van der Waals surface area contributed by atoms with E-state index in [0.717, 1.165) is 16.6 Å². The zero-order valence-electron chi connectivity index (χ0n) is 18.3. The highest BCUT2D eigenvalue weighted by Crippen LogP contribution is 2.29. The van der Waals surface area contributed by atoms with Crippen LogP contribution in [0.3, 0.4) is 0 Å². The van der Waals surface area contributed by atoms with Crippen molar-refractivity contribution in [2.24, 2.45) is 12.8 Å². The standard InChI is InChI=1S/C25H24N4O4/c1-29-19-11-7-6-10-18(19)27-24(29)23(16-8-4-3-5-9-16)28-25(31)17-12-13-20(21(14-17)32-2)33-15-22(26)30/h3-14,23H,15H2,1-2H3,(H2,26,30)(H,28,31). The molecule has 0 spiro atoms. The Balaban J connectivity index is 1.67. The van der Waals surface area contributed by atoms with Crippen molar-refractivity contribution in [2.45, 2.75) is 6.04 Å². The van der Waals surface area contributed by atoms with Crippen molar-refractivity contribution < 1.29 is 19.1 Å². The number of para-hydroxylation sites is 2. The lowest BCUT2D eigenvalue weighted by molar-refractivity contribution is -0.119. The van der Waals surface area contributed by atoms with Crippen molar-refractivity contribution in [1.82, 2.24) is 14.9 Å². The Labute approximate surface area is 190 Å². The van der Waals surface area contributed by atoms with E-state index in [9.17, 15) is 9.59 Å². The normalized spacial score (nSPS) is 11.7. The molecule has 33 heavy (non-hydrogen) atoms. The number of nitrogens with zero attached hydrogens (tertiary/aromatic N) is 2. The number of carbonyl (C=O) groups is 2. The Morgan fingerprint density at radius 3 is 2.45 bits per heavy atom. The molecule has 0 saturated carbocycles. The number of fused-ring (bicyclic) bond motifs is 1. The Hall–Kier alpha value is -4.33. The molecular weight excluding hydrogens is 420 g/mol. The van der Waals surface area contributed by atoms with Gasteiger partial charge in [-0.15, -0.1) is 0 Å². The summed E-state index contributed by atoms with van der Waals surface area (Å²) in [5.74, 6) is 0.442. The summed E-state index contributed by atoms with van der Waals surface area (Å²) in [5, 5.41) is 3.10. The largest absolute Gasteiger partial charge is 0.493 e. The van der Waals surface area contributed by atoms with E-state index >= 15 is 0 Å². The van der Waals surface area contributed by atoms with Crippen molar-refractivity contribution in [3.05, 3.63) is 89.7 Å². The van der Waals surface area contributed by atoms with Gasteiger partial charge >= 0.3 is 0 Å². The van der Waals surface area contributed by atoms with E-state index in [1.807, 2.05) is 66.2 Å². The first-order valence-electron chi connectivity index (χ1n) is 10.3. The Morgan fingerprint density at radius 1 is 1.03 bits per heavy atom. The van der Waals surface area contributed by atoms with Crippen LogP contribution in [-0.4, -0.2) is 35.1 Å². The van der Waals surface area contributed by atoms with Gasteiger partial charge in [0.25, 0.3) is 11.8 Å². The van der Waals surface area contributed by atoms with E-state index in [-0.39, 0.29) is 12.5 Å². The second kappa shape index (κ2) is 9.44. The molecule has 1 aromatic heterocycles. The van der Waals surface area contributed by atoms with Gasteiger partial charge in [-0.05, 0) is 35.9 Å². The van der Waals surface area contributed by atoms with Crippen LogP contribution in [-0.2, 0) is 11.8 Å². The Bertz CT molecular complexity index is 1300. The van der Waals surface area contributed by atoms with Gasteiger partial charge in [-0.25, -0.2) is 4.98 Å². The van der Waals surface area contributed by atoms with E-state index in [4.69, 9.17) is 20.2 Å². The minimum atomic E-state index is -0.605. The molecule has 4 aromatic rings. The molecule has 0 aliphatic carbocycles. The zero-order valence-corrected chi connectivity index (χ0v) is 18.3. The molecule has 0 aliphatic rings. The van der Waals surface area contributed by atoms with Gasteiger partial charge in [0.1, 0.15) is 11.9 Å². The molecule has 2 amide bonds. The van der Waals surface area contributed by atoms with Gasteiger partial charge in [0.05, 0.1) is 18.1 Å². The van der Waals surface area contributed by atoms with Crippen LogP contribution in [0.4, 0.5) is 0 Å². The van der Waals surface area contributed by atoms with Crippen LogP contribution in [0.5, 0.6) is 11.5 Å². The molecular formula is C25H24N4O4. The number of carbonyl (C=O) groups excluding carboxylic acids is 2. The maximum Gasteiger partial charge on any atom is 0.255 e. The molecule has 8 heteroatoms. The number of benzene rings is 3. The number of imidazole rings is 1. The zero-order chi connectivity index (χ0) is 23.4. The number of primary amides is 1. The summed E-state index contributed by atoms with van der Waals surface area (Å²) >= 11 is 0. The van der Waals surface area contributed by atoms with Gasteiger partial charge in [0.15, 0.2) is 18.1 Å². The van der Waals surface area contributed by atoms with Crippen molar-refractivity contribution in [2.75, 3.05) is 13.7 Å². The first-order valence-corrected chi connectivity index (χ1v) is 10.3. The lowest BCUT2D eigenvalue weighted by atomic mass is 10.1. The summed E-state index contributed by atoms with van der Waals surface area (Å²) in [7, 11) is 3.39. The minimum absolute atomic E-state index is 0.287. The monoisotopic (exact) mass is 444 g/mol. The van der Waals surface area contributed by atoms with Gasteiger partial charge in [-0.1, -0.05) is 42.5 Å². The molecule has 3 aromatic carbocycles. The third kappa shape index (κ3) is 4.64. The van der Waals surface area contributed by atoms with Crippen molar-refractivity contribution in [3.63, 3.8) is 0 Å². The average molecular weight is 444 g/mol. The van der Waals surface area contributed by atoms with Crippen LogP contribution >= 0.6 is 0 Å². The van der Waals surface area contributed by atoms with Crippen molar-refractivity contribution in [3.8, 4) is 11.5 Å². The van der Waals surface area contributed by atoms with Gasteiger partial charge in [0.2, 0.25) is 0 Å². The first-order chi connectivity index (χ1) is 16.0. The quantitative estimate of drug-likeness (QED) is 0.434. The molecule has 0 bridgehead atoms. The second-order valence-electron chi connectivity index (χ2n) is 7.46. The molecule has 3 N–H and O–H groups in total. The number of amides is 2. The summed E-state index contributed by atoms with van der Waals surface area (Å²) in [5.41, 5.74) is 8.23. The molecule has 0 radical (unpaired) electrons. The third-order valence-corrected chi connectivity index (χ3v) is 5.28. The van der Waals surface area contributed by atoms with Crippen LogP contribution in [0.2, 0.25) is 0 Å². The van der Waals surface area contributed by atoms with Gasteiger partial charge in [-0.2, -0.15) is 0 Å². The number of nitrogens with two attached hydrogens (primary N) is 1. The third-order valence-electron chi connectivity index (χ3n) is 5.28. The predicted octanol–water partition coefficient (Wildman–Crippen LogP) is 2.97. The van der Waals surface area contributed by atoms with Crippen molar-refractivity contribution >= 4 is 22.8 Å². The van der Waals surface area contributed by atoms with Crippen LogP contribution in [0.1, 0.15) is 27.8 Å². The van der Waals surface area contributed by atoms with Crippen LogP contribution < -0.4 is 20.5 Å². The average Bonchev–Trinajstić information content (AvgIpc) is 3.17. The lowest BCUT2D eigenvalue weighted by Crippen LogP contribution is -2.31. The maximum absolute atomic E-state index is 13.3. The lowest BCUT2D eigenvalue weighted by Gasteiger charge is -2.20. The number of hydrogen-bond acceptors (Lipinski definition) is 5. The van der Waals surface area contributed by atoms with Crippen LogP contribution in [0.15, 0.2) is 72.8 Å². The van der Waals surface area contributed by atoms with Crippen LogP contribution in [0.25, 0.3) is 11.0 Å². The number of hydrogen-bond donors (Lipinski definition) is 2. The van der Waals surface area contributed by atoms with E-state index in [1.54, 1.807) is 18.2 Å². The molecule has 8 nitrogen and oxygen atoms in total. The SMILES string of the molecule is COc1cc(C(=O)NC(c2ccccc2)c2nc3ccccc3n2C)ccc1OCC(N)=O. The van der Waals surface area contributed by atoms with E-state index in [0.29, 0.717) is 22.9 Å². The summed E-state index contributed by atoms with van der Waals surface area (Å²) in [4.78, 5) is 29.1. The van der Waals surface area contributed by atoms with Gasteiger partial charge in [-0.3, -0.25) is 9.59 Å². The maximum atomic E-state index is 13.3. The number of aromatic nitrogens is 2. The molecule has 0 aliphatic heterocycles. The molecule has 1 heterocycles. The number of methoxy groups -OCH3 is 1. The first kappa shape index (κ1) is 21.9. The Kier molecular flexibility index (Phi) is 6.26. The van der Waals surface area contributed by atoms with Crippen molar-refractivity contribution in [1.29, 1.82) is 0 Å². The molecule has 1 unspecified atom stereocenters. The molecule has 4 rings (SSSR count). The predicted molar refractivity (Wildman–Crippen MR) is 124 cm³/mol. The highest BCUT2D eigenvalue weighted by molar-refractivity contribution is 5.95. The van der Waals surface area contributed by atoms with Crippen LogP contribution in [0, 0.1) is 0 Å². The number of rotatable bonds is 8. The van der Waals surface area contributed by atoms with E-state index < -0.39 is 11.9 Å². The topological polar surface area (TPSA) is 108 Å². The summed E-state index contributed by atoms with van der Waals surface area (Å²) < 4.78 is 12.7. The van der Waals surface area contributed by atoms with Gasteiger partial charge < -0.3 is 25.1 Å². The fraction of sp³-hybridized carbons (Fsp3) is 0.160. The number of ether oxygens (including phenoxy) is 2.